The van der Waals surface area contributed by atoms with Crippen LogP contribution in [0.4, 0.5) is 9.18 Å². The summed E-state index contributed by atoms with van der Waals surface area (Å²) in [6, 6.07) is 12.6. The van der Waals surface area contributed by atoms with E-state index < -0.39 is 11.7 Å². The minimum absolute atomic E-state index is 0.133. The summed E-state index contributed by atoms with van der Waals surface area (Å²) in [4.78, 5) is 25.7. The topological polar surface area (TPSA) is 46.6 Å². The highest BCUT2D eigenvalue weighted by molar-refractivity contribution is 8.18. The number of ether oxygens (including phenoxy) is 1. The highest BCUT2D eigenvalue weighted by atomic mass is 35.5. The van der Waals surface area contributed by atoms with Crippen LogP contribution in [0.1, 0.15) is 5.56 Å². The van der Waals surface area contributed by atoms with Crippen molar-refractivity contribution in [1.29, 1.82) is 0 Å². The van der Waals surface area contributed by atoms with Crippen molar-refractivity contribution in [1.82, 2.24) is 4.90 Å². The molecular formula is C18H13ClFNO3S. The molecule has 0 unspecified atom stereocenters. The summed E-state index contributed by atoms with van der Waals surface area (Å²) < 4.78 is 18.7. The molecule has 1 saturated heterocycles. The summed E-state index contributed by atoms with van der Waals surface area (Å²) in [5.74, 6) is -0.199. The minimum Gasteiger partial charge on any atom is -0.492 e. The standard InChI is InChI=1S/C18H13ClFNO3S/c19-13-4-6-15(7-5-13)24-9-8-21-17(22)16(25-18(21)23)11-12-2-1-3-14(20)10-12/h1-7,10-11H,8-9H2/b16-11-. The molecule has 3 rings (SSSR count). The SMILES string of the molecule is O=C1S/C(=C\c2cccc(F)c2)C(=O)N1CCOc1ccc(Cl)cc1. The second-order valence-electron chi connectivity index (χ2n) is 5.19. The molecule has 2 aromatic rings. The summed E-state index contributed by atoms with van der Waals surface area (Å²) >= 11 is 6.63. The number of amides is 2. The summed E-state index contributed by atoms with van der Waals surface area (Å²) in [5.41, 5.74) is 0.530. The van der Waals surface area contributed by atoms with Gasteiger partial charge in [-0.25, -0.2) is 4.39 Å². The summed E-state index contributed by atoms with van der Waals surface area (Å²) in [6.07, 6.45) is 1.51. The van der Waals surface area contributed by atoms with Crippen molar-refractivity contribution in [3.8, 4) is 5.75 Å². The maximum atomic E-state index is 13.2. The molecule has 25 heavy (non-hydrogen) atoms. The van der Waals surface area contributed by atoms with E-state index in [0.29, 0.717) is 16.3 Å². The van der Waals surface area contributed by atoms with Gasteiger partial charge in [-0.15, -0.1) is 0 Å². The van der Waals surface area contributed by atoms with Gasteiger partial charge in [-0.2, -0.15) is 0 Å². The maximum absolute atomic E-state index is 13.2. The van der Waals surface area contributed by atoms with Crippen LogP contribution in [0.2, 0.25) is 5.02 Å². The van der Waals surface area contributed by atoms with E-state index in [9.17, 15) is 14.0 Å². The quantitative estimate of drug-likeness (QED) is 0.715. The molecule has 1 aliphatic rings. The maximum Gasteiger partial charge on any atom is 0.293 e. The Morgan fingerprint density at radius 2 is 1.92 bits per heavy atom. The third-order valence-corrected chi connectivity index (χ3v) is 4.58. The Balaban J connectivity index is 1.62. The van der Waals surface area contributed by atoms with Gasteiger partial charge in [0, 0.05) is 5.02 Å². The number of carbonyl (C=O) groups excluding carboxylic acids is 2. The van der Waals surface area contributed by atoms with Crippen molar-refractivity contribution in [2.45, 2.75) is 0 Å². The molecule has 1 aliphatic heterocycles. The zero-order valence-corrected chi connectivity index (χ0v) is 14.5. The Kier molecular flexibility index (Phi) is 5.40. The van der Waals surface area contributed by atoms with Gasteiger partial charge in [-0.1, -0.05) is 23.7 Å². The minimum atomic E-state index is -0.404. The van der Waals surface area contributed by atoms with Gasteiger partial charge in [0.15, 0.2) is 0 Å². The molecule has 0 aliphatic carbocycles. The summed E-state index contributed by atoms with van der Waals surface area (Å²) in [6.45, 7) is 0.306. The van der Waals surface area contributed by atoms with Crippen LogP contribution in [-0.4, -0.2) is 29.2 Å². The smallest absolute Gasteiger partial charge is 0.293 e. The molecule has 2 aromatic carbocycles. The largest absolute Gasteiger partial charge is 0.492 e. The monoisotopic (exact) mass is 377 g/mol. The van der Waals surface area contributed by atoms with E-state index in [2.05, 4.69) is 0 Å². The number of hydrogen-bond acceptors (Lipinski definition) is 4. The second-order valence-corrected chi connectivity index (χ2v) is 6.62. The van der Waals surface area contributed by atoms with Crippen molar-refractivity contribution in [2.75, 3.05) is 13.2 Å². The Morgan fingerprint density at radius 1 is 1.16 bits per heavy atom. The second kappa shape index (κ2) is 7.72. The third-order valence-electron chi connectivity index (χ3n) is 3.42. The van der Waals surface area contributed by atoms with Crippen LogP contribution < -0.4 is 4.74 Å². The van der Waals surface area contributed by atoms with Crippen molar-refractivity contribution in [2.24, 2.45) is 0 Å². The number of benzene rings is 2. The molecule has 0 N–H and O–H groups in total. The van der Waals surface area contributed by atoms with Gasteiger partial charge < -0.3 is 4.74 Å². The first-order chi connectivity index (χ1) is 12.0. The number of carbonyl (C=O) groups is 2. The molecular weight excluding hydrogens is 365 g/mol. The highest BCUT2D eigenvalue weighted by Gasteiger charge is 2.34. The Hall–Kier alpha value is -2.31. The van der Waals surface area contributed by atoms with E-state index >= 15 is 0 Å². The number of rotatable bonds is 5. The van der Waals surface area contributed by atoms with Crippen LogP contribution in [0, 0.1) is 5.82 Å². The lowest BCUT2D eigenvalue weighted by Crippen LogP contribution is -2.32. The van der Waals surface area contributed by atoms with Crippen LogP contribution in [0.3, 0.4) is 0 Å². The first-order valence-corrected chi connectivity index (χ1v) is 8.62. The summed E-state index contributed by atoms with van der Waals surface area (Å²) in [7, 11) is 0. The number of thioether (sulfide) groups is 1. The average Bonchev–Trinajstić information content (AvgIpc) is 2.84. The number of imide groups is 1. The fourth-order valence-corrected chi connectivity index (χ4v) is 3.22. The zero-order valence-electron chi connectivity index (χ0n) is 12.9. The van der Waals surface area contributed by atoms with E-state index in [1.54, 1.807) is 36.4 Å². The number of hydrogen-bond donors (Lipinski definition) is 0. The third kappa shape index (κ3) is 4.41. The predicted octanol–water partition coefficient (Wildman–Crippen LogP) is 4.59. The van der Waals surface area contributed by atoms with Gasteiger partial charge in [0.05, 0.1) is 11.4 Å². The van der Waals surface area contributed by atoms with Crippen molar-refractivity contribution in [3.63, 3.8) is 0 Å². The van der Waals surface area contributed by atoms with Gasteiger partial charge in [-0.05, 0) is 59.8 Å². The molecule has 1 fully saturated rings. The molecule has 0 atom stereocenters. The first kappa shape index (κ1) is 17.5. The predicted molar refractivity (Wildman–Crippen MR) is 96.0 cm³/mol. The van der Waals surface area contributed by atoms with Crippen molar-refractivity contribution >= 4 is 40.6 Å². The lowest BCUT2D eigenvalue weighted by Gasteiger charge is -2.13. The molecule has 7 heteroatoms. The van der Waals surface area contributed by atoms with E-state index in [0.717, 1.165) is 16.7 Å². The lowest BCUT2D eigenvalue weighted by molar-refractivity contribution is -0.123. The Labute approximate surface area is 153 Å². The van der Waals surface area contributed by atoms with Gasteiger partial charge >= 0.3 is 0 Å². The van der Waals surface area contributed by atoms with Crippen LogP contribution >= 0.6 is 23.4 Å². The molecule has 128 valence electrons. The van der Waals surface area contributed by atoms with Crippen LogP contribution in [0.15, 0.2) is 53.4 Å². The lowest BCUT2D eigenvalue weighted by atomic mass is 10.2. The summed E-state index contributed by atoms with van der Waals surface area (Å²) in [5, 5.41) is 0.230. The molecule has 0 bridgehead atoms. The van der Waals surface area contributed by atoms with Gasteiger partial charge in [0.1, 0.15) is 18.2 Å². The molecule has 0 spiro atoms. The Bertz CT molecular complexity index is 838. The Morgan fingerprint density at radius 3 is 2.64 bits per heavy atom. The van der Waals surface area contributed by atoms with Crippen molar-refractivity contribution < 1.29 is 18.7 Å². The molecule has 0 aromatic heterocycles. The van der Waals surface area contributed by atoms with Gasteiger partial charge in [-0.3, -0.25) is 14.5 Å². The fourth-order valence-electron chi connectivity index (χ4n) is 2.23. The van der Waals surface area contributed by atoms with E-state index in [1.807, 2.05) is 0 Å². The van der Waals surface area contributed by atoms with Crippen LogP contribution in [-0.2, 0) is 4.79 Å². The molecule has 1 heterocycles. The average molecular weight is 378 g/mol. The molecule has 0 saturated carbocycles. The highest BCUT2D eigenvalue weighted by Crippen LogP contribution is 2.32. The van der Waals surface area contributed by atoms with Crippen molar-refractivity contribution in [3.05, 3.63) is 69.8 Å². The van der Waals surface area contributed by atoms with Crippen LogP contribution in [0.5, 0.6) is 5.75 Å². The van der Waals surface area contributed by atoms with Gasteiger partial charge in [0.25, 0.3) is 11.1 Å². The van der Waals surface area contributed by atoms with E-state index in [4.69, 9.17) is 16.3 Å². The molecule has 2 amide bonds. The first-order valence-electron chi connectivity index (χ1n) is 7.42. The fraction of sp³-hybridized carbons (Fsp3) is 0.111. The number of halogens is 2. The van der Waals surface area contributed by atoms with E-state index in [1.165, 1.54) is 18.2 Å². The zero-order chi connectivity index (χ0) is 17.8. The number of nitrogens with zero attached hydrogens (tertiary/aromatic N) is 1. The van der Waals surface area contributed by atoms with Gasteiger partial charge in [0.2, 0.25) is 0 Å². The normalized spacial score (nSPS) is 15.9. The van der Waals surface area contributed by atoms with Crippen LogP contribution in [0.25, 0.3) is 6.08 Å². The molecule has 0 radical (unpaired) electrons. The van der Waals surface area contributed by atoms with E-state index in [-0.39, 0.29) is 23.3 Å². The molecule has 4 nitrogen and oxygen atoms in total.